The number of carbonyl (C=O) groups excluding carboxylic acids is 2. The highest BCUT2D eigenvalue weighted by atomic mass is 79.9. The Kier molecular flexibility index (Phi) is 8.46. The molecule has 0 unspecified atom stereocenters. The third kappa shape index (κ3) is 6.63. The van der Waals surface area contributed by atoms with Gasteiger partial charge in [-0.1, -0.05) is 39.8 Å². The van der Waals surface area contributed by atoms with E-state index in [1.165, 1.54) is 0 Å². The van der Waals surface area contributed by atoms with Crippen molar-refractivity contribution in [1.29, 1.82) is 0 Å². The van der Waals surface area contributed by atoms with Gasteiger partial charge >= 0.3 is 0 Å². The lowest BCUT2D eigenvalue weighted by molar-refractivity contribution is -0.124. The fourth-order valence-electron chi connectivity index (χ4n) is 2.39. The van der Waals surface area contributed by atoms with Crippen LogP contribution >= 0.6 is 15.9 Å². The molecule has 0 aliphatic heterocycles. The molecule has 1 aromatic carbocycles. The maximum atomic E-state index is 12.6. The summed E-state index contributed by atoms with van der Waals surface area (Å²) < 4.78 is 0.718. The first-order valence-corrected chi connectivity index (χ1v) is 9.37. The number of hydrogen-bond donors (Lipinski definition) is 2. The van der Waals surface area contributed by atoms with Crippen LogP contribution in [0, 0.1) is 11.8 Å². The highest BCUT2D eigenvalue weighted by molar-refractivity contribution is 9.10. The van der Waals surface area contributed by atoms with E-state index in [9.17, 15) is 9.59 Å². The maximum Gasteiger partial charge on any atom is 0.253 e. The Hall–Kier alpha value is -1.36. The van der Waals surface area contributed by atoms with Crippen LogP contribution in [0.15, 0.2) is 28.7 Å². The molecule has 5 heteroatoms. The van der Waals surface area contributed by atoms with E-state index in [-0.39, 0.29) is 23.8 Å². The molecule has 2 amide bonds. The molecule has 0 heterocycles. The summed E-state index contributed by atoms with van der Waals surface area (Å²) in [6, 6.07) is 6.75. The summed E-state index contributed by atoms with van der Waals surface area (Å²) in [5, 5.41) is 5.89. The first-order chi connectivity index (χ1) is 11.2. The first kappa shape index (κ1) is 20.7. The Morgan fingerprint density at radius 2 is 1.62 bits per heavy atom. The fraction of sp³-hybridized carbons (Fsp3) is 0.579. The van der Waals surface area contributed by atoms with Crippen LogP contribution in [0.1, 0.15) is 57.8 Å². The number of hydrogen-bond acceptors (Lipinski definition) is 2. The minimum atomic E-state index is -0.550. The standard InChI is InChI=1S/C19H29BrN2O2/c1-12(2)10-11-14(5)21-19(24)17(13(3)4)22-18(23)15-8-6-7-9-16(15)20/h6-9,12-14,17H,10-11H2,1-5H3,(H,21,24)(H,22,23)/t14-,17+/m0/s1. The number of benzene rings is 1. The normalized spacial score (nSPS) is 13.7. The van der Waals surface area contributed by atoms with E-state index < -0.39 is 6.04 Å². The van der Waals surface area contributed by atoms with Crippen LogP contribution in [0.3, 0.4) is 0 Å². The summed E-state index contributed by atoms with van der Waals surface area (Å²) in [6.07, 6.45) is 2.00. The SMILES string of the molecule is CC(C)CC[C@H](C)NC(=O)[C@H](NC(=O)c1ccccc1Br)C(C)C. The van der Waals surface area contributed by atoms with Gasteiger partial charge in [0.25, 0.3) is 5.91 Å². The molecule has 0 saturated heterocycles. The van der Waals surface area contributed by atoms with Crippen molar-refractivity contribution < 1.29 is 9.59 Å². The molecule has 0 radical (unpaired) electrons. The molecule has 2 atom stereocenters. The first-order valence-electron chi connectivity index (χ1n) is 8.58. The Morgan fingerprint density at radius 3 is 2.17 bits per heavy atom. The molecule has 0 aliphatic rings. The van der Waals surface area contributed by atoms with Crippen molar-refractivity contribution in [2.45, 2.75) is 59.5 Å². The Balaban J connectivity index is 2.71. The van der Waals surface area contributed by atoms with Gasteiger partial charge in [-0.3, -0.25) is 9.59 Å². The van der Waals surface area contributed by atoms with Crippen molar-refractivity contribution >= 4 is 27.7 Å². The summed E-state index contributed by atoms with van der Waals surface area (Å²) in [4.78, 5) is 25.0. The molecule has 0 fully saturated rings. The lowest BCUT2D eigenvalue weighted by atomic mass is 10.0. The molecule has 134 valence electrons. The molecule has 0 saturated carbocycles. The van der Waals surface area contributed by atoms with E-state index in [0.717, 1.165) is 17.3 Å². The topological polar surface area (TPSA) is 58.2 Å². The minimum Gasteiger partial charge on any atom is -0.352 e. The van der Waals surface area contributed by atoms with E-state index in [1.54, 1.807) is 12.1 Å². The van der Waals surface area contributed by atoms with Crippen molar-refractivity contribution in [3.63, 3.8) is 0 Å². The van der Waals surface area contributed by atoms with Crippen LogP contribution in [-0.2, 0) is 4.79 Å². The molecule has 0 spiro atoms. The van der Waals surface area contributed by atoms with Crippen molar-refractivity contribution in [2.75, 3.05) is 0 Å². The number of nitrogens with one attached hydrogen (secondary N) is 2. The summed E-state index contributed by atoms with van der Waals surface area (Å²) in [5.74, 6) is 0.252. The Bertz CT molecular complexity index is 558. The van der Waals surface area contributed by atoms with Gasteiger partial charge in [0.2, 0.25) is 5.91 Å². The van der Waals surface area contributed by atoms with Crippen molar-refractivity contribution in [3.8, 4) is 0 Å². The van der Waals surface area contributed by atoms with E-state index >= 15 is 0 Å². The maximum absolute atomic E-state index is 12.6. The van der Waals surface area contributed by atoms with E-state index in [4.69, 9.17) is 0 Å². The number of halogens is 1. The largest absolute Gasteiger partial charge is 0.352 e. The molecule has 1 rings (SSSR count). The number of rotatable bonds is 8. The number of carbonyl (C=O) groups is 2. The van der Waals surface area contributed by atoms with Gasteiger partial charge in [-0.25, -0.2) is 0 Å². The van der Waals surface area contributed by atoms with Crippen LogP contribution in [0.25, 0.3) is 0 Å². The smallest absolute Gasteiger partial charge is 0.253 e. The second kappa shape index (κ2) is 9.82. The highest BCUT2D eigenvalue weighted by Gasteiger charge is 2.26. The van der Waals surface area contributed by atoms with E-state index in [0.29, 0.717) is 11.5 Å². The predicted molar refractivity (Wildman–Crippen MR) is 102 cm³/mol. The van der Waals surface area contributed by atoms with Crippen LogP contribution in [0.2, 0.25) is 0 Å². The van der Waals surface area contributed by atoms with Gasteiger partial charge < -0.3 is 10.6 Å². The summed E-state index contributed by atoms with van der Waals surface area (Å²) in [5.41, 5.74) is 0.531. The minimum absolute atomic E-state index is 0.00809. The Morgan fingerprint density at radius 1 is 1.00 bits per heavy atom. The van der Waals surface area contributed by atoms with Crippen LogP contribution in [0.5, 0.6) is 0 Å². The molecule has 0 aromatic heterocycles. The molecular formula is C19H29BrN2O2. The van der Waals surface area contributed by atoms with Crippen molar-refractivity contribution in [3.05, 3.63) is 34.3 Å². The summed E-state index contributed by atoms with van der Waals surface area (Å²) in [7, 11) is 0. The van der Waals surface area contributed by atoms with E-state index in [1.807, 2.05) is 32.9 Å². The zero-order chi connectivity index (χ0) is 18.3. The average molecular weight is 397 g/mol. The van der Waals surface area contributed by atoms with Gasteiger partial charge in [0, 0.05) is 10.5 Å². The molecule has 0 bridgehead atoms. The highest BCUT2D eigenvalue weighted by Crippen LogP contribution is 2.16. The zero-order valence-corrected chi connectivity index (χ0v) is 16.8. The lowest BCUT2D eigenvalue weighted by Crippen LogP contribution is -2.51. The van der Waals surface area contributed by atoms with Gasteiger partial charge in [-0.15, -0.1) is 0 Å². The second-order valence-corrected chi connectivity index (χ2v) is 7.91. The lowest BCUT2D eigenvalue weighted by Gasteiger charge is -2.24. The molecule has 2 N–H and O–H groups in total. The van der Waals surface area contributed by atoms with Gasteiger partial charge in [0.05, 0.1) is 5.56 Å². The average Bonchev–Trinajstić information content (AvgIpc) is 2.50. The second-order valence-electron chi connectivity index (χ2n) is 7.06. The van der Waals surface area contributed by atoms with Gasteiger partial charge in [-0.2, -0.15) is 0 Å². The Labute approximate surface area is 153 Å². The van der Waals surface area contributed by atoms with Gasteiger partial charge in [0.15, 0.2) is 0 Å². The number of amides is 2. The van der Waals surface area contributed by atoms with E-state index in [2.05, 4.69) is 40.4 Å². The summed E-state index contributed by atoms with van der Waals surface area (Å²) >= 11 is 3.37. The molecule has 4 nitrogen and oxygen atoms in total. The van der Waals surface area contributed by atoms with Crippen LogP contribution in [0.4, 0.5) is 0 Å². The van der Waals surface area contributed by atoms with Gasteiger partial charge in [-0.05, 0) is 59.7 Å². The third-order valence-corrected chi connectivity index (χ3v) is 4.61. The zero-order valence-electron chi connectivity index (χ0n) is 15.2. The van der Waals surface area contributed by atoms with Crippen LogP contribution in [-0.4, -0.2) is 23.9 Å². The summed E-state index contributed by atoms with van der Waals surface area (Å²) in [6.45, 7) is 10.2. The quantitative estimate of drug-likeness (QED) is 0.693. The molecular weight excluding hydrogens is 368 g/mol. The monoisotopic (exact) mass is 396 g/mol. The van der Waals surface area contributed by atoms with Crippen molar-refractivity contribution in [2.24, 2.45) is 11.8 Å². The van der Waals surface area contributed by atoms with Crippen molar-refractivity contribution in [1.82, 2.24) is 10.6 Å². The fourth-order valence-corrected chi connectivity index (χ4v) is 2.85. The molecule has 0 aliphatic carbocycles. The molecule has 24 heavy (non-hydrogen) atoms. The van der Waals surface area contributed by atoms with Crippen LogP contribution < -0.4 is 10.6 Å². The molecule has 1 aromatic rings. The van der Waals surface area contributed by atoms with Gasteiger partial charge in [0.1, 0.15) is 6.04 Å². The predicted octanol–water partition coefficient (Wildman–Crippen LogP) is 4.14. The third-order valence-electron chi connectivity index (χ3n) is 3.92.